The summed E-state index contributed by atoms with van der Waals surface area (Å²) < 4.78 is 0. The Bertz CT molecular complexity index is 637. The molecule has 0 spiro atoms. The number of nitrogens with zero attached hydrogens (tertiary/aromatic N) is 1. The number of rotatable bonds is 3. The standard InChI is InChI=1S/C17H19ClN2/c1-12-3-5-15(18)16(9-12)19-11-13-4-6-17-14(10-13)7-8-20(17)2/h3-6,9-10,19H,7-8,11H2,1-2H3. The molecular weight excluding hydrogens is 268 g/mol. The maximum atomic E-state index is 6.21. The zero-order chi connectivity index (χ0) is 14.1. The summed E-state index contributed by atoms with van der Waals surface area (Å²) in [7, 11) is 2.15. The van der Waals surface area contributed by atoms with Crippen LogP contribution in [0.25, 0.3) is 0 Å². The largest absolute Gasteiger partial charge is 0.380 e. The fraction of sp³-hybridized carbons (Fsp3) is 0.294. The summed E-state index contributed by atoms with van der Waals surface area (Å²) in [4.78, 5) is 2.31. The number of halogens is 1. The number of likely N-dealkylation sites (N-methyl/N-ethyl adjacent to an activating group) is 1. The van der Waals surface area contributed by atoms with Crippen LogP contribution in [-0.4, -0.2) is 13.6 Å². The van der Waals surface area contributed by atoms with E-state index in [9.17, 15) is 0 Å². The Morgan fingerprint density at radius 2 is 2.05 bits per heavy atom. The lowest BCUT2D eigenvalue weighted by atomic mass is 10.1. The monoisotopic (exact) mass is 286 g/mol. The fourth-order valence-corrected chi connectivity index (χ4v) is 2.89. The van der Waals surface area contributed by atoms with Crippen LogP contribution in [0.4, 0.5) is 11.4 Å². The molecule has 0 bridgehead atoms. The third-order valence-corrected chi connectivity index (χ3v) is 4.21. The van der Waals surface area contributed by atoms with E-state index in [0.717, 1.165) is 30.2 Å². The van der Waals surface area contributed by atoms with Crippen molar-refractivity contribution in [3.63, 3.8) is 0 Å². The highest BCUT2D eigenvalue weighted by Gasteiger charge is 2.15. The molecule has 3 rings (SSSR count). The zero-order valence-corrected chi connectivity index (χ0v) is 12.7. The molecule has 104 valence electrons. The van der Waals surface area contributed by atoms with Crippen LogP contribution in [-0.2, 0) is 13.0 Å². The minimum absolute atomic E-state index is 0.775. The van der Waals surface area contributed by atoms with E-state index in [2.05, 4.69) is 48.5 Å². The zero-order valence-electron chi connectivity index (χ0n) is 11.9. The Kier molecular flexibility index (Phi) is 3.58. The number of nitrogens with one attached hydrogen (secondary N) is 1. The van der Waals surface area contributed by atoms with Crippen LogP contribution >= 0.6 is 11.6 Å². The van der Waals surface area contributed by atoms with E-state index in [1.807, 2.05) is 12.1 Å². The molecule has 1 heterocycles. The lowest BCUT2D eigenvalue weighted by molar-refractivity contribution is 0.955. The summed E-state index contributed by atoms with van der Waals surface area (Å²) in [5.74, 6) is 0. The van der Waals surface area contributed by atoms with E-state index in [1.165, 1.54) is 22.4 Å². The van der Waals surface area contributed by atoms with Crippen molar-refractivity contribution in [3.05, 3.63) is 58.1 Å². The average Bonchev–Trinajstić information content (AvgIpc) is 2.81. The molecule has 0 radical (unpaired) electrons. The van der Waals surface area contributed by atoms with E-state index in [0.29, 0.717) is 0 Å². The van der Waals surface area contributed by atoms with Crippen LogP contribution in [0.2, 0.25) is 5.02 Å². The van der Waals surface area contributed by atoms with Gasteiger partial charge in [-0.3, -0.25) is 0 Å². The summed E-state index contributed by atoms with van der Waals surface area (Å²) in [6.07, 6.45) is 1.14. The van der Waals surface area contributed by atoms with Gasteiger partial charge in [-0.15, -0.1) is 0 Å². The quantitative estimate of drug-likeness (QED) is 0.907. The van der Waals surface area contributed by atoms with Crippen molar-refractivity contribution in [2.45, 2.75) is 19.9 Å². The maximum Gasteiger partial charge on any atom is 0.0637 e. The number of benzene rings is 2. The normalized spacial score (nSPS) is 13.4. The molecule has 0 aliphatic carbocycles. The van der Waals surface area contributed by atoms with Crippen molar-refractivity contribution in [2.24, 2.45) is 0 Å². The lowest BCUT2D eigenvalue weighted by Crippen LogP contribution is -2.12. The van der Waals surface area contributed by atoms with Crippen LogP contribution in [0.3, 0.4) is 0 Å². The van der Waals surface area contributed by atoms with Gasteiger partial charge in [0.25, 0.3) is 0 Å². The van der Waals surface area contributed by atoms with Crippen LogP contribution in [0.1, 0.15) is 16.7 Å². The van der Waals surface area contributed by atoms with Crippen molar-refractivity contribution in [2.75, 3.05) is 23.8 Å². The minimum Gasteiger partial charge on any atom is -0.380 e. The molecular formula is C17H19ClN2. The predicted molar refractivity (Wildman–Crippen MR) is 86.9 cm³/mol. The molecule has 0 amide bonds. The molecule has 20 heavy (non-hydrogen) atoms. The Labute approximate surface area is 125 Å². The van der Waals surface area contributed by atoms with Crippen molar-refractivity contribution < 1.29 is 0 Å². The fourth-order valence-electron chi connectivity index (χ4n) is 2.70. The van der Waals surface area contributed by atoms with Crippen LogP contribution in [0.5, 0.6) is 0 Å². The Morgan fingerprint density at radius 3 is 2.90 bits per heavy atom. The molecule has 0 aromatic heterocycles. The molecule has 2 aromatic rings. The molecule has 2 aromatic carbocycles. The SMILES string of the molecule is Cc1ccc(Cl)c(NCc2ccc3c(c2)CCN3C)c1. The number of fused-ring (bicyclic) bond motifs is 1. The van der Waals surface area contributed by atoms with Gasteiger partial charge in [0, 0.05) is 25.8 Å². The van der Waals surface area contributed by atoms with Gasteiger partial charge in [0.1, 0.15) is 0 Å². The number of anilines is 2. The molecule has 0 saturated carbocycles. The third-order valence-electron chi connectivity index (χ3n) is 3.88. The first-order valence-corrected chi connectivity index (χ1v) is 7.34. The topological polar surface area (TPSA) is 15.3 Å². The molecule has 0 saturated heterocycles. The molecule has 0 unspecified atom stereocenters. The van der Waals surface area contributed by atoms with Crippen LogP contribution in [0.15, 0.2) is 36.4 Å². The second-order valence-electron chi connectivity index (χ2n) is 5.47. The Hall–Kier alpha value is -1.67. The highest BCUT2D eigenvalue weighted by molar-refractivity contribution is 6.33. The third kappa shape index (κ3) is 2.61. The number of aryl methyl sites for hydroxylation is 1. The highest BCUT2D eigenvalue weighted by Crippen LogP contribution is 2.28. The molecule has 1 N–H and O–H groups in total. The van der Waals surface area contributed by atoms with Gasteiger partial charge in [-0.05, 0) is 48.2 Å². The first kappa shape index (κ1) is 13.3. The van der Waals surface area contributed by atoms with Crippen molar-refractivity contribution in [1.29, 1.82) is 0 Å². The van der Waals surface area contributed by atoms with Gasteiger partial charge in [0.15, 0.2) is 0 Å². The summed E-state index contributed by atoms with van der Waals surface area (Å²) >= 11 is 6.21. The number of hydrogen-bond donors (Lipinski definition) is 1. The summed E-state index contributed by atoms with van der Waals surface area (Å²) in [6.45, 7) is 4.00. The molecule has 0 fully saturated rings. The Balaban J connectivity index is 1.74. The van der Waals surface area contributed by atoms with Gasteiger partial charge < -0.3 is 10.2 Å². The first-order valence-electron chi connectivity index (χ1n) is 6.96. The van der Waals surface area contributed by atoms with Gasteiger partial charge in [0.05, 0.1) is 10.7 Å². The van der Waals surface area contributed by atoms with Gasteiger partial charge >= 0.3 is 0 Å². The van der Waals surface area contributed by atoms with E-state index in [4.69, 9.17) is 11.6 Å². The van der Waals surface area contributed by atoms with Gasteiger partial charge in [0.2, 0.25) is 0 Å². The Morgan fingerprint density at radius 1 is 1.20 bits per heavy atom. The highest BCUT2D eigenvalue weighted by atomic mass is 35.5. The summed E-state index contributed by atoms with van der Waals surface area (Å²) in [5, 5.41) is 4.20. The van der Waals surface area contributed by atoms with E-state index < -0.39 is 0 Å². The average molecular weight is 287 g/mol. The van der Waals surface area contributed by atoms with E-state index in [-0.39, 0.29) is 0 Å². The first-order chi connectivity index (χ1) is 9.63. The second-order valence-corrected chi connectivity index (χ2v) is 5.88. The molecule has 3 heteroatoms. The molecule has 2 nitrogen and oxygen atoms in total. The van der Waals surface area contributed by atoms with Crippen LogP contribution < -0.4 is 10.2 Å². The minimum atomic E-state index is 0.775. The van der Waals surface area contributed by atoms with Gasteiger partial charge in [-0.25, -0.2) is 0 Å². The summed E-state index contributed by atoms with van der Waals surface area (Å²) in [6, 6.07) is 12.8. The second kappa shape index (κ2) is 5.37. The van der Waals surface area contributed by atoms with E-state index in [1.54, 1.807) is 0 Å². The smallest absolute Gasteiger partial charge is 0.0637 e. The molecule has 0 atom stereocenters. The number of hydrogen-bond acceptors (Lipinski definition) is 2. The van der Waals surface area contributed by atoms with Gasteiger partial charge in [-0.2, -0.15) is 0 Å². The van der Waals surface area contributed by atoms with Crippen LogP contribution in [0, 0.1) is 6.92 Å². The predicted octanol–water partition coefficient (Wildman–Crippen LogP) is 4.25. The summed E-state index contributed by atoms with van der Waals surface area (Å²) in [5.41, 5.74) is 6.33. The lowest BCUT2D eigenvalue weighted by Gasteiger charge is -2.13. The van der Waals surface area contributed by atoms with Crippen molar-refractivity contribution in [1.82, 2.24) is 0 Å². The molecule has 1 aliphatic rings. The van der Waals surface area contributed by atoms with E-state index >= 15 is 0 Å². The van der Waals surface area contributed by atoms with Gasteiger partial charge in [-0.1, -0.05) is 29.8 Å². The molecule has 1 aliphatic heterocycles. The van der Waals surface area contributed by atoms with Crippen molar-refractivity contribution in [3.8, 4) is 0 Å². The maximum absolute atomic E-state index is 6.21. The van der Waals surface area contributed by atoms with Crippen molar-refractivity contribution >= 4 is 23.0 Å².